The van der Waals surface area contributed by atoms with Gasteiger partial charge in [-0.25, -0.2) is 9.18 Å². The predicted octanol–water partition coefficient (Wildman–Crippen LogP) is 3.02. The molecule has 0 spiro atoms. The van der Waals surface area contributed by atoms with Crippen LogP contribution >= 0.6 is 0 Å². The Morgan fingerprint density at radius 1 is 1.13 bits per heavy atom. The lowest BCUT2D eigenvalue weighted by molar-refractivity contribution is -0.145. The molecule has 0 saturated heterocycles. The Labute approximate surface area is 133 Å². The molecular formula is C17H16FNO4. The van der Waals surface area contributed by atoms with E-state index in [-0.39, 0.29) is 19.1 Å². The van der Waals surface area contributed by atoms with Crippen LogP contribution in [0.5, 0.6) is 5.75 Å². The molecule has 2 rings (SSSR count). The van der Waals surface area contributed by atoms with E-state index in [4.69, 9.17) is 9.47 Å². The van der Waals surface area contributed by atoms with Crippen LogP contribution in [-0.4, -0.2) is 25.1 Å². The van der Waals surface area contributed by atoms with Gasteiger partial charge in [0.25, 0.3) is 5.91 Å². The van der Waals surface area contributed by atoms with E-state index in [1.807, 2.05) is 0 Å². The van der Waals surface area contributed by atoms with Crippen molar-refractivity contribution >= 4 is 17.6 Å². The van der Waals surface area contributed by atoms with Crippen molar-refractivity contribution in [2.45, 2.75) is 6.92 Å². The molecule has 0 aromatic heterocycles. The van der Waals surface area contributed by atoms with Gasteiger partial charge in [0.15, 0.2) is 6.61 Å². The first-order valence-electron chi connectivity index (χ1n) is 7.04. The van der Waals surface area contributed by atoms with Gasteiger partial charge in [0.1, 0.15) is 11.6 Å². The van der Waals surface area contributed by atoms with E-state index in [2.05, 4.69) is 5.32 Å². The molecule has 0 bridgehead atoms. The predicted molar refractivity (Wildman–Crippen MR) is 82.9 cm³/mol. The molecule has 0 radical (unpaired) electrons. The van der Waals surface area contributed by atoms with E-state index >= 15 is 0 Å². The highest BCUT2D eigenvalue weighted by molar-refractivity contribution is 6.04. The summed E-state index contributed by atoms with van der Waals surface area (Å²) < 4.78 is 22.9. The van der Waals surface area contributed by atoms with Crippen molar-refractivity contribution in [2.75, 3.05) is 18.5 Å². The quantitative estimate of drug-likeness (QED) is 0.832. The van der Waals surface area contributed by atoms with E-state index in [1.165, 1.54) is 24.3 Å². The van der Waals surface area contributed by atoms with Gasteiger partial charge in [-0.15, -0.1) is 0 Å². The molecule has 1 amide bonds. The minimum atomic E-state index is -0.465. The molecule has 23 heavy (non-hydrogen) atoms. The molecule has 0 aliphatic heterocycles. The lowest BCUT2D eigenvalue weighted by Crippen LogP contribution is -2.15. The Balaban J connectivity index is 1.98. The zero-order valence-corrected chi connectivity index (χ0v) is 12.5. The van der Waals surface area contributed by atoms with Gasteiger partial charge in [0.2, 0.25) is 0 Å². The third-order valence-corrected chi connectivity index (χ3v) is 2.86. The van der Waals surface area contributed by atoms with E-state index in [0.29, 0.717) is 17.0 Å². The summed E-state index contributed by atoms with van der Waals surface area (Å²) in [4.78, 5) is 23.3. The minimum Gasteiger partial charge on any atom is -0.482 e. The topological polar surface area (TPSA) is 64.6 Å². The van der Waals surface area contributed by atoms with Crippen LogP contribution in [0.25, 0.3) is 0 Å². The first kappa shape index (κ1) is 16.5. The average molecular weight is 317 g/mol. The number of hydrogen-bond acceptors (Lipinski definition) is 4. The van der Waals surface area contributed by atoms with E-state index in [9.17, 15) is 14.0 Å². The van der Waals surface area contributed by atoms with Crippen LogP contribution in [0.3, 0.4) is 0 Å². The summed E-state index contributed by atoms with van der Waals surface area (Å²) in [5.74, 6) is -0.813. The highest BCUT2D eigenvalue weighted by atomic mass is 19.1. The van der Waals surface area contributed by atoms with Gasteiger partial charge in [0.05, 0.1) is 6.61 Å². The lowest BCUT2D eigenvalue weighted by atomic mass is 10.2. The molecule has 2 aromatic carbocycles. The minimum absolute atomic E-state index is 0.205. The molecule has 2 aromatic rings. The smallest absolute Gasteiger partial charge is 0.344 e. The normalized spacial score (nSPS) is 10.0. The number of carbonyl (C=O) groups excluding carboxylic acids is 2. The number of ether oxygens (including phenoxy) is 2. The van der Waals surface area contributed by atoms with Crippen LogP contribution < -0.4 is 10.1 Å². The molecular weight excluding hydrogens is 301 g/mol. The largest absolute Gasteiger partial charge is 0.482 e. The van der Waals surface area contributed by atoms with Crippen molar-refractivity contribution in [2.24, 2.45) is 0 Å². The fourth-order valence-electron chi connectivity index (χ4n) is 1.81. The van der Waals surface area contributed by atoms with E-state index in [1.54, 1.807) is 31.2 Å². The number of halogens is 1. The Bertz CT molecular complexity index is 685. The van der Waals surface area contributed by atoms with Crippen molar-refractivity contribution in [1.29, 1.82) is 0 Å². The monoisotopic (exact) mass is 317 g/mol. The molecule has 0 aliphatic carbocycles. The molecule has 120 valence electrons. The van der Waals surface area contributed by atoms with Crippen molar-refractivity contribution in [1.82, 2.24) is 0 Å². The number of rotatable bonds is 6. The fraction of sp³-hybridized carbons (Fsp3) is 0.176. The van der Waals surface area contributed by atoms with Crippen molar-refractivity contribution < 1.29 is 23.5 Å². The van der Waals surface area contributed by atoms with Crippen LogP contribution in [0.15, 0.2) is 48.5 Å². The van der Waals surface area contributed by atoms with E-state index in [0.717, 1.165) is 0 Å². The Morgan fingerprint density at radius 2 is 1.87 bits per heavy atom. The zero-order chi connectivity index (χ0) is 16.7. The molecule has 6 heteroatoms. The summed E-state index contributed by atoms with van der Waals surface area (Å²) in [5.41, 5.74) is 0.838. The molecule has 0 heterocycles. The standard InChI is InChI=1S/C17H16FNO4/c1-2-22-16(20)11-23-15-5-3-4-14(10-15)19-17(21)12-6-8-13(18)9-7-12/h3-10H,2,11H2,1H3,(H,19,21). The molecule has 1 N–H and O–H groups in total. The molecule has 0 aliphatic rings. The number of benzene rings is 2. The van der Waals surface area contributed by atoms with Gasteiger partial charge in [-0.2, -0.15) is 0 Å². The van der Waals surface area contributed by atoms with Gasteiger partial charge in [0, 0.05) is 17.3 Å². The molecule has 0 fully saturated rings. The van der Waals surface area contributed by atoms with Crippen molar-refractivity contribution in [3.05, 3.63) is 59.9 Å². The second kappa shape index (κ2) is 7.93. The van der Waals surface area contributed by atoms with Crippen LogP contribution in [0, 0.1) is 5.82 Å². The first-order chi connectivity index (χ1) is 11.1. The Hall–Kier alpha value is -2.89. The Kier molecular flexibility index (Phi) is 5.68. The summed E-state index contributed by atoms with van der Waals surface area (Å²) >= 11 is 0. The molecule has 0 unspecified atom stereocenters. The summed E-state index contributed by atoms with van der Waals surface area (Å²) in [6.45, 7) is 1.79. The number of carbonyl (C=O) groups is 2. The van der Waals surface area contributed by atoms with E-state index < -0.39 is 11.8 Å². The maximum atomic E-state index is 12.8. The fourth-order valence-corrected chi connectivity index (χ4v) is 1.81. The SMILES string of the molecule is CCOC(=O)COc1cccc(NC(=O)c2ccc(F)cc2)c1. The third-order valence-electron chi connectivity index (χ3n) is 2.86. The van der Waals surface area contributed by atoms with Gasteiger partial charge in [-0.1, -0.05) is 6.07 Å². The average Bonchev–Trinajstić information content (AvgIpc) is 2.54. The second-order valence-corrected chi connectivity index (χ2v) is 4.58. The lowest BCUT2D eigenvalue weighted by Gasteiger charge is -2.09. The molecule has 5 nitrogen and oxygen atoms in total. The number of anilines is 1. The molecule has 0 atom stereocenters. The van der Waals surface area contributed by atoms with Crippen LogP contribution in [0.2, 0.25) is 0 Å². The summed E-state index contributed by atoms with van der Waals surface area (Å²) in [5, 5.41) is 2.67. The number of nitrogens with one attached hydrogen (secondary N) is 1. The second-order valence-electron chi connectivity index (χ2n) is 4.58. The highest BCUT2D eigenvalue weighted by Crippen LogP contribution is 2.18. The van der Waals surface area contributed by atoms with Gasteiger partial charge in [-0.05, 0) is 43.3 Å². The van der Waals surface area contributed by atoms with Crippen molar-refractivity contribution in [3.63, 3.8) is 0 Å². The van der Waals surface area contributed by atoms with Crippen molar-refractivity contribution in [3.8, 4) is 5.75 Å². The zero-order valence-electron chi connectivity index (χ0n) is 12.5. The number of amides is 1. The Morgan fingerprint density at radius 3 is 2.57 bits per heavy atom. The highest BCUT2D eigenvalue weighted by Gasteiger charge is 2.08. The first-order valence-corrected chi connectivity index (χ1v) is 7.04. The maximum absolute atomic E-state index is 12.8. The number of esters is 1. The van der Waals surface area contributed by atoms with Gasteiger partial charge < -0.3 is 14.8 Å². The summed E-state index contributed by atoms with van der Waals surface area (Å²) in [6, 6.07) is 11.8. The van der Waals surface area contributed by atoms with Gasteiger partial charge >= 0.3 is 5.97 Å². The summed E-state index contributed by atoms with van der Waals surface area (Å²) in [7, 11) is 0. The maximum Gasteiger partial charge on any atom is 0.344 e. The van der Waals surface area contributed by atoms with Crippen LogP contribution in [0.4, 0.5) is 10.1 Å². The third kappa shape index (κ3) is 5.10. The van der Waals surface area contributed by atoms with Crippen LogP contribution in [0.1, 0.15) is 17.3 Å². The number of hydrogen-bond donors (Lipinski definition) is 1. The summed E-state index contributed by atoms with van der Waals surface area (Å²) in [6.07, 6.45) is 0. The molecule has 0 saturated carbocycles. The van der Waals surface area contributed by atoms with Gasteiger partial charge in [-0.3, -0.25) is 4.79 Å². The van der Waals surface area contributed by atoms with Crippen LogP contribution in [-0.2, 0) is 9.53 Å².